The number of carbonyl (C=O) groups is 1. The molecule has 0 aliphatic heterocycles. The molecule has 0 saturated heterocycles. The summed E-state index contributed by atoms with van der Waals surface area (Å²) in [6, 6.07) is 0. The average molecular weight is 147 g/mol. The van der Waals surface area contributed by atoms with Gasteiger partial charge in [-0.15, -0.1) is 0 Å². The number of hydrogen-bond donors (Lipinski definition) is 1. The van der Waals surface area contributed by atoms with Crippen molar-refractivity contribution >= 4 is 6.09 Å². The number of amides is 1. The Kier molecular flexibility index (Phi) is 4.66. The molecule has 1 N–H and O–H groups in total. The lowest BCUT2D eigenvalue weighted by atomic mass is 10.3. The van der Waals surface area contributed by atoms with Gasteiger partial charge in [-0.25, -0.2) is 4.79 Å². The van der Waals surface area contributed by atoms with Crippen LogP contribution >= 0.6 is 0 Å². The summed E-state index contributed by atoms with van der Waals surface area (Å²) in [4.78, 5) is 10.5. The van der Waals surface area contributed by atoms with Gasteiger partial charge < -0.3 is 4.74 Å². The Labute approximate surface area is 60.3 Å². The molecule has 0 heterocycles. The number of nitrogens with zero attached hydrogens (tertiary/aromatic N) is 1. The molecule has 4 heteroatoms. The van der Waals surface area contributed by atoms with Gasteiger partial charge in [-0.3, -0.25) is 5.21 Å². The third-order valence-corrected chi connectivity index (χ3v) is 1.11. The van der Waals surface area contributed by atoms with E-state index in [0.29, 0.717) is 11.6 Å². The Balaban J connectivity index is 3.41. The zero-order chi connectivity index (χ0) is 7.98. The third-order valence-electron chi connectivity index (χ3n) is 1.11. The number of unbranched alkanes of at least 4 members (excludes halogenated alkanes) is 1. The Morgan fingerprint density at radius 3 is 2.70 bits per heavy atom. The van der Waals surface area contributed by atoms with E-state index in [1.807, 2.05) is 6.92 Å². The largest absolute Gasteiger partial charge is 0.451 e. The van der Waals surface area contributed by atoms with Crippen LogP contribution in [0.5, 0.6) is 0 Å². The molecule has 0 aromatic heterocycles. The first-order valence-corrected chi connectivity index (χ1v) is 3.26. The van der Waals surface area contributed by atoms with Gasteiger partial charge in [0.05, 0.1) is 13.7 Å². The smallest absolute Gasteiger partial charge is 0.433 e. The Hall–Kier alpha value is -0.770. The normalized spacial score (nSPS) is 9.10. The van der Waals surface area contributed by atoms with Gasteiger partial charge in [0.25, 0.3) is 0 Å². The average Bonchev–Trinajstić information content (AvgIpc) is 1.98. The molecule has 10 heavy (non-hydrogen) atoms. The van der Waals surface area contributed by atoms with E-state index in [9.17, 15) is 4.79 Å². The molecule has 1 amide bonds. The fourth-order valence-electron chi connectivity index (χ4n) is 0.505. The van der Waals surface area contributed by atoms with Crippen molar-refractivity contribution in [1.29, 1.82) is 0 Å². The molecule has 0 radical (unpaired) electrons. The zero-order valence-electron chi connectivity index (χ0n) is 6.33. The van der Waals surface area contributed by atoms with E-state index in [2.05, 4.69) is 4.74 Å². The van der Waals surface area contributed by atoms with Crippen LogP contribution < -0.4 is 0 Å². The highest BCUT2D eigenvalue weighted by molar-refractivity contribution is 5.65. The van der Waals surface area contributed by atoms with Crippen molar-refractivity contribution in [1.82, 2.24) is 5.06 Å². The van der Waals surface area contributed by atoms with Crippen molar-refractivity contribution < 1.29 is 14.7 Å². The van der Waals surface area contributed by atoms with E-state index in [1.54, 1.807) is 0 Å². The summed E-state index contributed by atoms with van der Waals surface area (Å²) in [5, 5.41) is 9.38. The second-order valence-electron chi connectivity index (χ2n) is 1.95. The van der Waals surface area contributed by atoms with Crippen molar-refractivity contribution in [2.75, 3.05) is 13.7 Å². The fraction of sp³-hybridized carbons (Fsp3) is 0.833. The van der Waals surface area contributed by atoms with E-state index >= 15 is 0 Å². The molecule has 4 nitrogen and oxygen atoms in total. The molecule has 0 bridgehead atoms. The zero-order valence-corrected chi connectivity index (χ0v) is 6.33. The topological polar surface area (TPSA) is 49.8 Å². The SMILES string of the molecule is CCCCN(O)C(=O)OC. The monoisotopic (exact) mass is 147 g/mol. The molecule has 0 spiro atoms. The van der Waals surface area contributed by atoms with Crippen molar-refractivity contribution in [3.05, 3.63) is 0 Å². The summed E-state index contributed by atoms with van der Waals surface area (Å²) in [6.45, 7) is 2.31. The summed E-state index contributed by atoms with van der Waals surface area (Å²) in [6.07, 6.45) is 1.02. The highest BCUT2D eigenvalue weighted by atomic mass is 16.6. The minimum atomic E-state index is -0.701. The van der Waals surface area contributed by atoms with Gasteiger partial charge in [0.15, 0.2) is 0 Å². The van der Waals surface area contributed by atoms with E-state index in [4.69, 9.17) is 5.21 Å². The minimum absolute atomic E-state index is 0.336. The van der Waals surface area contributed by atoms with Crippen LogP contribution in [0.25, 0.3) is 0 Å². The molecule has 0 saturated carbocycles. The molecular formula is C6H13NO3. The maximum absolute atomic E-state index is 10.5. The highest BCUT2D eigenvalue weighted by Crippen LogP contribution is 1.92. The van der Waals surface area contributed by atoms with Crippen LogP contribution in [0.2, 0.25) is 0 Å². The molecule has 0 aliphatic carbocycles. The lowest BCUT2D eigenvalue weighted by Gasteiger charge is -2.11. The van der Waals surface area contributed by atoms with E-state index in [1.165, 1.54) is 7.11 Å². The summed E-state index contributed by atoms with van der Waals surface area (Å²) < 4.78 is 4.25. The molecule has 0 unspecified atom stereocenters. The van der Waals surface area contributed by atoms with Crippen molar-refractivity contribution in [3.63, 3.8) is 0 Å². The van der Waals surface area contributed by atoms with Gasteiger partial charge in [-0.2, -0.15) is 5.06 Å². The van der Waals surface area contributed by atoms with Crippen LogP contribution in [0, 0.1) is 0 Å². The lowest BCUT2D eigenvalue weighted by Crippen LogP contribution is -2.27. The van der Waals surface area contributed by atoms with Gasteiger partial charge in [0.1, 0.15) is 0 Å². The maximum atomic E-state index is 10.5. The van der Waals surface area contributed by atoms with Crippen molar-refractivity contribution in [3.8, 4) is 0 Å². The quantitative estimate of drug-likeness (QED) is 0.482. The standard InChI is InChI=1S/C6H13NO3/c1-3-4-5-7(9)6(8)10-2/h9H,3-5H2,1-2H3. The number of ether oxygens (including phenoxy) is 1. The number of methoxy groups -OCH3 is 1. The maximum Gasteiger partial charge on any atom is 0.433 e. The van der Waals surface area contributed by atoms with E-state index < -0.39 is 6.09 Å². The van der Waals surface area contributed by atoms with Crippen molar-refractivity contribution in [2.45, 2.75) is 19.8 Å². The Morgan fingerprint density at radius 1 is 1.70 bits per heavy atom. The molecule has 0 aliphatic rings. The first-order chi connectivity index (χ1) is 4.72. The highest BCUT2D eigenvalue weighted by Gasteiger charge is 2.07. The number of rotatable bonds is 3. The molecule has 0 aromatic rings. The van der Waals surface area contributed by atoms with Crippen molar-refractivity contribution in [2.24, 2.45) is 0 Å². The second-order valence-corrected chi connectivity index (χ2v) is 1.95. The summed E-state index contributed by atoms with van der Waals surface area (Å²) in [7, 11) is 1.23. The van der Waals surface area contributed by atoms with Gasteiger partial charge in [0, 0.05) is 0 Å². The van der Waals surface area contributed by atoms with E-state index in [-0.39, 0.29) is 0 Å². The number of carbonyl (C=O) groups excluding carboxylic acids is 1. The predicted octanol–water partition coefficient (Wildman–Crippen LogP) is 1.24. The van der Waals surface area contributed by atoms with Crippen LogP contribution in [-0.4, -0.2) is 30.0 Å². The molecule has 0 aromatic carbocycles. The molecule has 60 valence electrons. The van der Waals surface area contributed by atoms with Crippen LogP contribution in [0.1, 0.15) is 19.8 Å². The van der Waals surface area contributed by atoms with Crippen LogP contribution in [-0.2, 0) is 4.74 Å². The third kappa shape index (κ3) is 3.29. The van der Waals surface area contributed by atoms with Gasteiger partial charge in [0.2, 0.25) is 0 Å². The summed E-state index contributed by atoms with van der Waals surface area (Å²) >= 11 is 0. The minimum Gasteiger partial charge on any atom is -0.451 e. The second kappa shape index (κ2) is 5.05. The van der Waals surface area contributed by atoms with Gasteiger partial charge >= 0.3 is 6.09 Å². The fourth-order valence-corrected chi connectivity index (χ4v) is 0.505. The van der Waals surface area contributed by atoms with Crippen LogP contribution in [0.15, 0.2) is 0 Å². The summed E-state index contributed by atoms with van der Waals surface area (Å²) in [5.74, 6) is 0. The van der Waals surface area contributed by atoms with Gasteiger partial charge in [-0.1, -0.05) is 13.3 Å². The molecule has 0 fully saturated rings. The summed E-state index contributed by atoms with van der Waals surface area (Å²) in [5.41, 5.74) is 0. The van der Waals surface area contributed by atoms with E-state index in [0.717, 1.165) is 12.8 Å². The Bertz CT molecular complexity index is 105. The lowest BCUT2D eigenvalue weighted by molar-refractivity contribution is -0.0696. The Morgan fingerprint density at radius 2 is 2.30 bits per heavy atom. The molecular weight excluding hydrogens is 134 g/mol. The van der Waals surface area contributed by atoms with Gasteiger partial charge in [-0.05, 0) is 6.42 Å². The first kappa shape index (κ1) is 9.23. The first-order valence-electron chi connectivity index (χ1n) is 3.26. The molecule has 0 rings (SSSR count). The number of hydroxylamine groups is 2. The molecule has 0 atom stereocenters. The van der Waals surface area contributed by atoms with Crippen LogP contribution in [0.4, 0.5) is 4.79 Å². The van der Waals surface area contributed by atoms with Crippen LogP contribution in [0.3, 0.4) is 0 Å². The number of hydrogen-bond acceptors (Lipinski definition) is 3. The predicted molar refractivity (Wildman–Crippen MR) is 35.8 cm³/mol.